The molecule has 0 radical (unpaired) electrons. The topological polar surface area (TPSA) is 80.5 Å². The molecule has 1 amide bonds. The fraction of sp³-hybridized carbons (Fsp3) is 0.250. The van der Waals surface area contributed by atoms with E-state index in [1.807, 2.05) is 45.0 Å². The van der Waals surface area contributed by atoms with Crippen LogP contribution in [0.1, 0.15) is 27.4 Å². The lowest BCUT2D eigenvalue weighted by Crippen LogP contribution is -2.13. The zero-order valence-electron chi connectivity index (χ0n) is 15.8. The lowest BCUT2D eigenvalue weighted by molar-refractivity contribution is 0.102. The Bertz CT molecular complexity index is 896. The Morgan fingerprint density at radius 3 is 2.44 bits per heavy atom. The van der Waals surface area contributed by atoms with Gasteiger partial charge in [-0.25, -0.2) is 4.98 Å². The van der Waals surface area contributed by atoms with Gasteiger partial charge in [0.2, 0.25) is 0 Å². The van der Waals surface area contributed by atoms with Gasteiger partial charge in [0, 0.05) is 19.7 Å². The van der Waals surface area contributed by atoms with Crippen molar-refractivity contribution in [3.63, 3.8) is 0 Å². The molecule has 27 heavy (non-hydrogen) atoms. The van der Waals surface area contributed by atoms with Crippen LogP contribution in [0.3, 0.4) is 0 Å². The quantitative estimate of drug-likeness (QED) is 0.718. The average Bonchev–Trinajstić information content (AvgIpc) is 2.98. The summed E-state index contributed by atoms with van der Waals surface area (Å²) in [5, 5.41) is 6.74. The van der Waals surface area contributed by atoms with E-state index in [4.69, 9.17) is 9.26 Å². The Morgan fingerprint density at radius 1 is 1.15 bits per heavy atom. The van der Waals surface area contributed by atoms with Gasteiger partial charge in [-0.2, -0.15) is 0 Å². The van der Waals surface area contributed by atoms with Crippen molar-refractivity contribution in [1.82, 2.24) is 10.1 Å². The lowest BCUT2D eigenvalue weighted by Gasteiger charge is -2.12. The molecule has 0 saturated heterocycles. The number of hydrogen-bond donors (Lipinski definition) is 1. The molecule has 0 bridgehead atoms. The molecule has 1 aromatic carbocycles. The Morgan fingerprint density at radius 2 is 1.89 bits per heavy atom. The Balaban J connectivity index is 1.60. The van der Waals surface area contributed by atoms with Crippen LogP contribution in [-0.4, -0.2) is 30.1 Å². The van der Waals surface area contributed by atoms with Crippen LogP contribution in [-0.2, 0) is 6.61 Å². The third-order valence-electron chi connectivity index (χ3n) is 4.14. The fourth-order valence-corrected chi connectivity index (χ4v) is 2.49. The highest BCUT2D eigenvalue weighted by molar-refractivity contribution is 6.04. The van der Waals surface area contributed by atoms with E-state index in [1.54, 1.807) is 30.5 Å². The second-order valence-electron chi connectivity index (χ2n) is 6.37. The van der Waals surface area contributed by atoms with E-state index in [2.05, 4.69) is 15.5 Å². The molecule has 0 unspecified atom stereocenters. The summed E-state index contributed by atoms with van der Waals surface area (Å²) in [7, 11) is 3.83. The number of carbonyl (C=O) groups is 1. The van der Waals surface area contributed by atoms with E-state index >= 15 is 0 Å². The number of carbonyl (C=O) groups excluding carboxylic acids is 1. The number of amides is 1. The van der Waals surface area contributed by atoms with E-state index in [-0.39, 0.29) is 5.91 Å². The molecule has 3 rings (SSSR count). The molecular formula is C20H22N4O3. The number of aromatic nitrogens is 2. The first-order valence-corrected chi connectivity index (χ1v) is 8.53. The van der Waals surface area contributed by atoms with E-state index in [0.29, 0.717) is 23.6 Å². The third kappa shape index (κ3) is 4.44. The van der Waals surface area contributed by atoms with Gasteiger partial charge in [0.15, 0.2) is 0 Å². The number of hydrogen-bond acceptors (Lipinski definition) is 6. The van der Waals surface area contributed by atoms with Crippen molar-refractivity contribution in [2.45, 2.75) is 20.5 Å². The SMILES string of the molecule is Cc1noc(C)c1COc1ccc(C(=O)Nc2ccc(N(C)C)nc2)cc1. The molecular weight excluding hydrogens is 344 g/mol. The molecule has 7 nitrogen and oxygen atoms in total. The number of nitrogens with one attached hydrogen (secondary N) is 1. The second-order valence-corrected chi connectivity index (χ2v) is 6.37. The molecule has 0 aliphatic rings. The number of anilines is 2. The molecule has 0 spiro atoms. The van der Waals surface area contributed by atoms with Crippen LogP contribution in [0, 0.1) is 13.8 Å². The first-order chi connectivity index (χ1) is 12.9. The van der Waals surface area contributed by atoms with Gasteiger partial charge in [-0.05, 0) is 50.2 Å². The molecule has 0 fully saturated rings. The molecule has 0 saturated carbocycles. The molecule has 0 atom stereocenters. The molecule has 2 heterocycles. The van der Waals surface area contributed by atoms with Crippen molar-refractivity contribution in [2.24, 2.45) is 0 Å². The number of pyridine rings is 1. The van der Waals surface area contributed by atoms with E-state index < -0.39 is 0 Å². The molecule has 0 aliphatic carbocycles. The summed E-state index contributed by atoms with van der Waals surface area (Å²) in [5.74, 6) is 2.04. The highest BCUT2D eigenvalue weighted by Crippen LogP contribution is 2.19. The molecule has 0 aliphatic heterocycles. The summed E-state index contributed by atoms with van der Waals surface area (Å²) in [6, 6.07) is 10.6. The maximum atomic E-state index is 12.4. The Kier molecular flexibility index (Phi) is 5.40. The van der Waals surface area contributed by atoms with E-state index in [9.17, 15) is 4.79 Å². The standard InChI is InChI=1S/C20H22N4O3/c1-13-18(14(2)27-23-13)12-26-17-8-5-15(6-9-17)20(25)22-16-7-10-19(21-11-16)24(3)4/h5-11H,12H2,1-4H3,(H,22,25). The van der Waals surface area contributed by atoms with Gasteiger partial charge < -0.3 is 19.5 Å². The van der Waals surface area contributed by atoms with Crippen LogP contribution in [0.2, 0.25) is 0 Å². The smallest absolute Gasteiger partial charge is 0.255 e. The largest absolute Gasteiger partial charge is 0.489 e. The maximum Gasteiger partial charge on any atom is 0.255 e. The van der Waals surface area contributed by atoms with Gasteiger partial charge in [0.05, 0.1) is 23.1 Å². The number of aryl methyl sites for hydroxylation is 2. The normalized spacial score (nSPS) is 10.5. The van der Waals surface area contributed by atoms with Gasteiger partial charge in [-0.3, -0.25) is 4.79 Å². The number of rotatable bonds is 6. The van der Waals surface area contributed by atoms with Crippen molar-refractivity contribution in [2.75, 3.05) is 24.3 Å². The summed E-state index contributed by atoms with van der Waals surface area (Å²) < 4.78 is 10.9. The summed E-state index contributed by atoms with van der Waals surface area (Å²) in [6.45, 7) is 4.10. The van der Waals surface area contributed by atoms with Crippen LogP contribution < -0.4 is 15.0 Å². The summed E-state index contributed by atoms with van der Waals surface area (Å²) >= 11 is 0. The monoisotopic (exact) mass is 366 g/mol. The third-order valence-corrected chi connectivity index (χ3v) is 4.14. The Hall–Kier alpha value is -3.35. The minimum atomic E-state index is -0.202. The van der Waals surface area contributed by atoms with Crippen molar-refractivity contribution in [3.8, 4) is 5.75 Å². The lowest BCUT2D eigenvalue weighted by atomic mass is 10.2. The number of ether oxygens (including phenoxy) is 1. The predicted octanol–water partition coefficient (Wildman–Crippen LogP) is 3.58. The highest BCUT2D eigenvalue weighted by atomic mass is 16.5. The first kappa shape index (κ1) is 18.4. The zero-order valence-corrected chi connectivity index (χ0v) is 15.8. The van der Waals surface area contributed by atoms with Gasteiger partial charge in [-0.1, -0.05) is 5.16 Å². The average molecular weight is 366 g/mol. The summed E-state index contributed by atoms with van der Waals surface area (Å²) in [4.78, 5) is 18.5. The minimum Gasteiger partial charge on any atom is -0.489 e. The molecule has 2 aromatic heterocycles. The van der Waals surface area contributed by atoms with Crippen LogP contribution >= 0.6 is 0 Å². The van der Waals surface area contributed by atoms with Gasteiger partial charge in [-0.15, -0.1) is 0 Å². The second kappa shape index (κ2) is 7.90. The summed E-state index contributed by atoms with van der Waals surface area (Å²) in [6.07, 6.45) is 1.63. The molecule has 3 aromatic rings. The summed E-state index contributed by atoms with van der Waals surface area (Å²) in [5.41, 5.74) is 2.93. The van der Waals surface area contributed by atoms with Crippen LogP contribution in [0.5, 0.6) is 5.75 Å². The van der Waals surface area contributed by atoms with E-state index in [1.165, 1.54) is 0 Å². The van der Waals surface area contributed by atoms with Gasteiger partial charge in [0.1, 0.15) is 23.9 Å². The first-order valence-electron chi connectivity index (χ1n) is 8.53. The van der Waals surface area contributed by atoms with Crippen LogP contribution in [0.4, 0.5) is 11.5 Å². The molecule has 140 valence electrons. The highest BCUT2D eigenvalue weighted by Gasteiger charge is 2.10. The maximum absolute atomic E-state index is 12.4. The number of nitrogens with zero attached hydrogens (tertiary/aromatic N) is 3. The van der Waals surface area contributed by atoms with Crippen molar-refractivity contribution >= 4 is 17.4 Å². The van der Waals surface area contributed by atoms with Gasteiger partial charge in [0.25, 0.3) is 5.91 Å². The van der Waals surface area contributed by atoms with Gasteiger partial charge >= 0.3 is 0 Å². The van der Waals surface area contributed by atoms with Crippen molar-refractivity contribution < 1.29 is 14.1 Å². The predicted molar refractivity (Wildman–Crippen MR) is 103 cm³/mol. The Labute approximate surface area is 158 Å². The van der Waals surface area contributed by atoms with Crippen LogP contribution in [0.15, 0.2) is 47.1 Å². The minimum absolute atomic E-state index is 0.202. The van der Waals surface area contributed by atoms with Crippen LogP contribution in [0.25, 0.3) is 0 Å². The fourth-order valence-electron chi connectivity index (χ4n) is 2.49. The van der Waals surface area contributed by atoms with Crippen molar-refractivity contribution in [1.29, 1.82) is 0 Å². The van der Waals surface area contributed by atoms with E-state index in [0.717, 1.165) is 22.8 Å². The molecule has 1 N–H and O–H groups in total. The zero-order chi connectivity index (χ0) is 19.4. The molecule has 7 heteroatoms. The van der Waals surface area contributed by atoms with Crippen molar-refractivity contribution in [3.05, 3.63) is 65.2 Å². The number of benzene rings is 1.